The standard InChI is InChI=1S/C9H12Cl4/c1-7(11)6-9(13)3-2-8(12)4-5-10/h4,6,9H,2-3,5H2,1H3. The van der Waals surface area contributed by atoms with E-state index in [1.165, 1.54) is 0 Å². The van der Waals surface area contributed by atoms with E-state index >= 15 is 0 Å². The molecule has 76 valence electrons. The zero-order chi connectivity index (χ0) is 10.3. The van der Waals surface area contributed by atoms with Crippen LogP contribution in [0.2, 0.25) is 0 Å². The van der Waals surface area contributed by atoms with Crippen LogP contribution in [-0.4, -0.2) is 11.3 Å². The van der Waals surface area contributed by atoms with Crippen LogP contribution in [0, 0.1) is 0 Å². The van der Waals surface area contributed by atoms with Crippen molar-refractivity contribution in [2.24, 2.45) is 0 Å². The molecule has 0 aromatic heterocycles. The van der Waals surface area contributed by atoms with Crippen LogP contribution in [-0.2, 0) is 0 Å². The maximum Gasteiger partial charge on any atom is 0.0533 e. The highest BCUT2D eigenvalue weighted by Crippen LogP contribution is 2.17. The quantitative estimate of drug-likeness (QED) is 0.619. The molecule has 0 rings (SSSR count). The molecule has 0 heterocycles. The van der Waals surface area contributed by atoms with Crippen LogP contribution >= 0.6 is 46.4 Å². The lowest BCUT2D eigenvalue weighted by atomic mass is 10.2. The van der Waals surface area contributed by atoms with Gasteiger partial charge in [0.05, 0.1) is 5.38 Å². The highest BCUT2D eigenvalue weighted by Gasteiger charge is 2.02. The number of halogens is 4. The highest BCUT2D eigenvalue weighted by atomic mass is 35.5. The molecule has 0 spiro atoms. The molecular formula is C9H12Cl4. The highest BCUT2D eigenvalue weighted by molar-refractivity contribution is 6.31. The molecule has 0 bridgehead atoms. The molecule has 0 N–H and O–H groups in total. The van der Waals surface area contributed by atoms with E-state index < -0.39 is 0 Å². The summed E-state index contributed by atoms with van der Waals surface area (Å²) in [4.78, 5) is 0. The molecule has 0 aliphatic rings. The van der Waals surface area contributed by atoms with Crippen molar-refractivity contribution in [3.8, 4) is 0 Å². The van der Waals surface area contributed by atoms with Crippen molar-refractivity contribution < 1.29 is 0 Å². The van der Waals surface area contributed by atoms with Crippen molar-refractivity contribution >= 4 is 46.4 Å². The van der Waals surface area contributed by atoms with Gasteiger partial charge in [0.15, 0.2) is 0 Å². The summed E-state index contributed by atoms with van der Waals surface area (Å²) in [5.74, 6) is 0.441. The molecule has 13 heavy (non-hydrogen) atoms. The minimum Gasteiger partial charge on any atom is -0.122 e. The molecule has 0 saturated carbocycles. The van der Waals surface area contributed by atoms with Crippen LogP contribution in [0.1, 0.15) is 19.8 Å². The second-order valence-corrected chi connectivity index (χ2v) is 4.56. The Kier molecular flexibility index (Phi) is 8.38. The molecule has 0 amide bonds. The van der Waals surface area contributed by atoms with Crippen LogP contribution in [0.3, 0.4) is 0 Å². The Morgan fingerprint density at radius 3 is 2.46 bits per heavy atom. The first-order valence-electron chi connectivity index (χ1n) is 3.94. The molecule has 0 aromatic rings. The predicted molar refractivity (Wildman–Crippen MR) is 63.1 cm³/mol. The Morgan fingerprint density at radius 1 is 1.38 bits per heavy atom. The Balaban J connectivity index is 3.76. The monoisotopic (exact) mass is 260 g/mol. The Hall–Kier alpha value is 0.640. The topological polar surface area (TPSA) is 0 Å². The van der Waals surface area contributed by atoms with Gasteiger partial charge in [-0.2, -0.15) is 0 Å². The summed E-state index contributed by atoms with van der Waals surface area (Å²) >= 11 is 22.9. The van der Waals surface area contributed by atoms with Crippen molar-refractivity contribution in [2.75, 3.05) is 5.88 Å². The van der Waals surface area contributed by atoms with Crippen LogP contribution in [0.15, 0.2) is 22.2 Å². The third-order valence-corrected chi connectivity index (χ3v) is 2.34. The molecule has 4 heteroatoms. The minimum absolute atomic E-state index is 0.0602. The molecular weight excluding hydrogens is 250 g/mol. The van der Waals surface area contributed by atoms with Crippen LogP contribution in [0.5, 0.6) is 0 Å². The molecule has 0 fully saturated rings. The first kappa shape index (κ1) is 13.6. The lowest BCUT2D eigenvalue weighted by Crippen LogP contribution is -1.93. The second-order valence-electron chi connectivity index (χ2n) is 2.61. The van der Waals surface area contributed by atoms with Crippen molar-refractivity contribution in [2.45, 2.75) is 25.1 Å². The fourth-order valence-electron chi connectivity index (χ4n) is 0.794. The maximum atomic E-state index is 5.94. The van der Waals surface area contributed by atoms with Crippen LogP contribution in [0.4, 0.5) is 0 Å². The molecule has 0 aromatic carbocycles. The third-order valence-electron chi connectivity index (χ3n) is 1.37. The summed E-state index contributed by atoms with van der Waals surface area (Å²) in [7, 11) is 0. The van der Waals surface area contributed by atoms with Gasteiger partial charge in [0.25, 0.3) is 0 Å². The predicted octanol–water partition coefficient (Wildman–Crippen LogP) is 4.88. The maximum absolute atomic E-state index is 5.94. The summed E-state index contributed by atoms with van der Waals surface area (Å²) in [5.41, 5.74) is 0. The van der Waals surface area contributed by atoms with Crippen molar-refractivity contribution in [1.29, 1.82) is 0 Å². The van der Waals surface area contributed by atoms with Crippen molar-refractivity contribution in [1.82, 2.24) is 0 Å². The Labute approximate surface area is 99.5 Å². The minimum atomic E-state index is -0.0602. The van der Waals surface area contributed by atoms with Gasteiger partial charge in [-0.3, -0.25) is 0 Å². The molecule has 0 aliphatic heterocycles. The summed E-state index contributed by atoms with van der Waals surface area (Å²) in [6.07, 6.45) is 5.08. The zero-order valence-corrected chi connectivity index (χ0v) is 10.4. The largest absolute Gasteiger partial charge is 0.122 e. The molecule has 0 aliphatic carbocycles. The van der Waals surface area contributed by atoms with Crippen molar-refractivity contribution in [3.05, 3.63) is 22.2 Å². The molecule has 0 nitrogen and oxygen atoms in total. The molecule has 0 saturated heterocycles. The van der Waals surface area contributed by atoms with Gasteiger partial charge in [-0.25, -0.2) is 0 Å². The van der Waals surface area contributed by atoms with E-state index in [2.05, 4.69) is 0 Å². The summed E-state index contributed by atoms with van der Waals surface area (Å²) in [5, 5.41) is 1.40. The number of rotatable bonds is 5. The summed E-state index contributed by atoms with van der Waals surface area (Å²) in [6.45, 7) is 1.80. The fourth-order valence-corrected chi connectivity index (χ4v) is 1.76. The van der Waals surface area contributed by atoms with E-state index in [0.717, 1.165) is 17.9 Å². The van der Waals surface area contributed by atoms with Gasteiger partial charge in [0.1, 0.15) is 0 Å². The van der Waals surface area contributed by atoms with E-state index in [4.69, 9.17) is 46.4 Å². The van der Waals surface area contributed by atoms with Gasteiger partial charge in [0, 0.05) is 15.9 Å². The van der Waals surface area contributed by atoms with Gasteiger partial charge in [0.2, 0.25) is 0 Å². The smallest absolute Gasteiger partial charge is 0.0533 e. The lowest BCUT2D eigenvalue weighted by Gasteiger charge is -2.03. The normalized spacial score (nSPS) is 16.1. The SMILES string of the molecule is CC(Cl)=CC(Cl)CCC(Cl)=CCCl. The van der Waals surface area contributed by atoms with Gasteiger partial charge in [-0.1, -0.05) is 35.4 Å². The Bertz CT molecular complexity index is 192. The molecule has 1 atom stereocenters. The average Bonchev–Trinajstić information content (AvgIpc) is 2.00. The number of alkyl halides is 2. The first-order chi connectivity index (χ1) is 6.06. The molecule has 1 unspecified atom stereocenters. The summed E-state index contributed by atoms with van der Waals surface area (Å²) in [6, 6.07) is 0. The third kappa shape index (κ3) is 8.96. The number of allylic oxidation sites excluding steroid dienone is 4. The van der Waals surface area contributed by atoms with Crippen LogP contribution < -0.4 is 0 Å². The number of hydrogen-bond donors (Lipinski definition) is 0. The summed E-state index contributed by atoms with van der Waals surface area (Å²) < 4.78 is 0. The van der Waals surface area contributed by atoms with Crippen molar-refractivity contribution in [3.63, 3.8) is 0 Å². The van der Waals surface area contributed by atoms with E-state index in [1.54, 1.807) is 19.1 Å². The van der Waals surface area contributed by atoms with Crippen LogP contribution in [0.25, 0.3) is 0 Å². The van der Waals surface area contributed by atoms with Gasteiger partial charge in [-0.15, -0.1) is 23.2 Å². The number of hydrogen-bond acceptors (Lipinski definition) is 0. The first-order valence-corrected chi connectivity index (χ1v) is 5.67. The Morgan fingerprint density at radius 2 is 2.00 bits per heavy atom. The molecule has 0 radical (unpaired) electrons. The zero-order valence-electron chi connectivity index (χ0n) is 7.37. The van der Waals surface area contributed by atoms with E-state index in [1.807, 2.05) is 0 Å². The van der Waals surface area contributed by atoms with E-state index in [0.29, 0.717) is 10.9 Å². The second kappa shape index (κ2) is 7.99. The van der Waals surface area contributed by atoms with E-state index in [9.17, 15) is 0 Å². The fraction of sp³-hybridized carbons (Fsp3) is 0.556. The lowest BCUT2D eigenvalue weighted by molar-refractivity contribution is 0.862. The van der Waals surface area contributed by atoms with E-state index in [-0.39, 0.29) is 5.38 Å². The van der Waals surface area contributed by atoms with Gasteiger partial charge >= 0.3 is 0 Å². The van der Waals surface area contributed by atoms with Gasteiger partial charge in [-0.05, 0) is 19.8 Å². The van der Waals surface area contributed by atoms with Gasteiger partial charge < -0.3 is 0 Å². The average molecular weight is 262 g/mol.